The van der Waals surface area contributed by atoms with Gasteiger partial charge in [0.25, 0.3) is 0 Å². The summed E-state index contributed by atoms with van der Waals surface area (Å²) in [6.07, 6.45) is 8.02. The SMILES string of the molecule is C#CCCCCNC(C)c1ccc(OC(F)F)cc1. The Balaban J connectivity index is 2.36. The van der Waals surface area contributed by atoms with Crippen molar-refractivity contribution in [3.8, 4) is 18.1 Å². The fraction of sp³-hybridized carbons (Fsp3) is 0.467. The Kier molecular flexibility index (Phi) is 6.91. The highest BCUT2D eigenvalue weighted by atomic mass is 19.3. The number of halogens is 2. The van der Waals surface area contributed by atoms with Gasteiger partial charge in [-0.25, -0.2) is 0 Å². The van der Waals surface area contributed by atoms with Gasteiger partial charge in [-0.2, -0.15) is 8.78 Å². The zero-order valence-electron chi connectivity index (χ0n) is 11.0. The first-order chi connectivity index (χ1) is 9.13. The summed E-state index contributed by atoms with van der Waals surface area (Å²) in [5.41, 5.74) is 1.04. The molecule has 0 heterocycles. The Bertz CT molecular complexity index is 398. The minimum Gasteiger partial charge on any atom is -0.435 e. The third-order valence-corrected chi connectivity index (χ3v) is 2.80. The number of benzene rings is 1. The van der Waals surface area contributed by atoms with Crippen LogP contribution >= 0.6 is 0 Å². The number of rotatable bonds is 8. The lowest BCUT2D eigenvalue weighted by Gasteiger charge is -2.14. The maximum atomic E-state index is 12.0. The molecule has 2 nitrogen and oxygen atoms in total. The van der Waals surface area contributed by atoms with Crippen molar-refractivity contribution in [1.82, 2.24) is 5.32 Å². The molecule has 1 N–H and O–H groups in total. The molecule has 104 valence electrons. The molecule has 1 unspecified atom stereocenters. The second kappa shape index (κ2) is 8.49. The van der Waals surface area contributed by atoms with Crippen LogP contribution < -0.4 is 10.1 Å². The van der Waals surface area contributed by atoms with Gasteiger partial charge in [0.05, 0.1) is 0 Å². The molecule has 0 saturated carbocycles. The van der Waals surface area contributed by atoms with E-state index in [1.54, 1.807) is 24.3 Å². The van der Waals surface area contributed by atoms with Crippen molar-refractivity contribution in [3.63, 3.8) is 0 Å². The van der Waals surface area contributed by atoms with Crippen LogP contribution in [0, 0.1) is 12.3 Å². The van der Waals surface area contributed by atoms with Crippen LogP contribution in [0.1, 0.15) is 37.8 Å². The van der Waals surface area contributed by atoms with Crippen molar-refractivity contribution in [1.29, 1.82) is 0 Å². The summed E-state index contributed by atoms with van der Waals surface area (Å²) >= 11 is 0. The van der Waals surface area contributed by atoms with Crippen molar-refractivity contribution >= 4 is 0 Å². The summed E-state index contributed by atoms with van der Waals surface area (Å²) < 4.78 is 28.3. The van der Waals surface area contributed by atoms with E-state index in [1.807, 2.05) is 6.92 Å². The van der Waals surface area contributed by atoms with Crippen molar-refractivity contribution in [2.75, 3.05) is 6.54 Å². The van der Waals surface area contributed by atoms with Gasteiger partial charge in [0.1, 0.15) is 5.75 Å². The van der Waals surface area contributed by atoms with E-state index in [4.69, 9.17) is 6.42 Å². The highest BCUT2D eigenvalue weighted by Gasteiger charge is 2.07. The maximum Gasteiger partial charge on any atom is 0.387 e. The molecule has 0 saturated heterocycles. The average Bonchev–Trinajstić information content (AvgIpc) is 2.38. The molecule has 0 fully saturated rings. The van der Waals surface area contributed by atoms with E-state index in [0.717, 1.165) is 31.4 Å². The number of ether oxygens (including phenoxy) is 1. The van der Waals surface area contributed by atoms with E-state index >= 15 is 0 Å². The normalized spacial score (nSPS) is 12.2. The first-order valence-electron chi connectivity index (χ1n) is 6.35. The Morgan fingerprint density at radius 2 is 1.95 bits per heavy atom. The van der Waals surface area contributed by atoms with Crippen LogP contribution in [0.2, 0.25) is 0 Å². The van der Waals surface area contributed by atoms with E-state index in [-0.39, 0.29) is 11.8 Å². The molecule has 19 heavy (non-hydrogen) atoms. The van der Waals surface area contributed by atoms with E-state index < -0.39 is 6.61 Å². The third kappa shape index (κ3) is 6.21. The standard InChI is InChI=1S/C15H19F2NO/c1-3-4-5-6-11-18-12(2)13-7-9-14(10-8-13)19-15(16)17/h1,7-10,12,15,18H,4-6,11H2,2H3. The topological polar surface area (TPSA) is 21.3 Å². The predicted molar refractivity (Wildman–Crippen MR) is 72.2 cm³/mol. The van der Waals surface area contributed by atoms with Gasteiger partial charge >= 0.3 is 6.61 Å². The number of nitrogens with one attached hydrogen (secondary N) is 1. The molecule has 1 aromatic rings. The van der Waals surface area contributed by atoms with Crippen molar-refractivity contribution in [2.45, 2.75) is 38.8 Å². The maximum absolute atomic E-state index is 12.0. The van der Waals surface area contributed by atoms with E-state index in [0.29, 0.717) is 0 Å². The summed E-state index contributed by atoms with van der Waals surface area (Å²) in [7, 11) is 0. The van der Waals surface area contributed by atoms with Crippen molar-refractivity contribution in [2.24, 2.45) is 0 Å². The smallest absolute Gasteiger partial charge is 0.387 e. The predicted octanol–water partition coefficient (Wildman–Crippen LogP) is 3.74. The van der Waals surface area contributed by atoms with Gasteiger partial charge in [-0.15, -0.1) is 12.3 Å². The summed E-state index contributed by atoms with van der Waals surface area (Å²) in [4.78, 5) is 0. The second-order valence-electron chi connectivity index (χ2n) is 4.28. The van der Waals surface area contributed by atoms with Gasteiger partial charge in [0.15, 0.2) is 0 Å². The number of terminal acetylenes is 1. The largest absolute Gasteiger partial charge is 0.435 e. The number of hydrogen-bond donors (Lipinski definition) is 1. The van der Waals surface area contributed by atoms with Gasteiger partial charge in [-0.1, -0.05) is 12.1 Å². The molecule has 1 aromatic carbocycles. The second-order valence-corrected chi connectivity index (χ2v) is 4.28. The lowest BCUT2D eigenvalue weighted by Crippen LogP contribution is -2.19. The average molecular weight is 267 g/mol. The zero-order valence-corrected chi connectivity index (χ0v) is 11.0. The van der Waals surface area contributed by atoms with Crippen LogP contribution in [0.5, 0.6) is 5.75 Å². The molecule has 0 bridgehead atoms. The minimum atomic E-state index is -2.78. The molecule has 1 rings (SSSR count). The molecule has 0 aliphatic rings. The lowest BCUT2D eigenvalue weighted by atomic mass is 10.1. The van der Waals surface area contributed by atoms with Gasteiger partial charge in [0, 0.05) is 12.5 Å². The van der Waals surface area contributed by atoms with Crippen LogP contribution in [0.4, 0.5) is 8.78 Å². The van der Waals surface area contributed by atoms with Gasteiger partial charge in [-0.3, -0.25) is 0 Å². The Hall–Kier alpha value is -1.60. The molecule has 0 amide bonds. The molecule has 0 spiro atoms. The summed E-state index contributed by atoms with van der Waals surface area (Å²) in [5, 5.41) is 3.36. The quantitative estimate of drug-likeness (QED) is 0.572. The number of hydrogen-bond acceptors (Lipinski definition) is 2. The third-order valence-electron chi connectivity index (χ3n) is 2.80. The van der Waals surface area contributed by atoms with E-state index in [2.05, 4.69) is 16.0 Å². The number of unbranched alkanes of at least 4 members (excludes halogenated alkanes) is 2. The first kappa shape index (κ1) is 15.5. The first-order valence-corrected chi connectivity index (χ1v) is 6.35. The minimum absolute atomic E-state index is 0.173. The number of alkyl halides is 2. The summed E-state index contributed by atoms with van der Waals surface area (Å²) in [6, 6.07) is 6.86. The Morgan fingerprint density at radius 1 is 1.26 bits per heavy atom. The van der Waals surface area contributed by atoms with Gasteiger partial charge in [0.2, 0.25) is 0 Å². The fourth-order valence-electron chi connectivity index (χ4n) is 1.73. The molecular weight excluding hydrogens is 248 g/mol. The molecule has 1 atom stereocenters. The van der Waals surface area contributed by atoms with Crippen LogP contribution in [-0.2, 0) is 0 Å². The van der Waals surface area contributed by atoms with Crippen LogP contribution in [0.15, 0.2) is 24.3 Å². The Labute approximate surface area is 113 Å². The molecule has 0 aliphatic heterocycles. The van der Waals surface area contributed by atoms with Crippen molar-refractivity contribution < 1.29 is 13.5 Å². The molecule has 4 heteroatoms. The molecule has 0 aromatic heterocycles. The van der Waals surface area contributed by atoms with Crippen LogP contribution in [-0.4, -0.2) is 13.2 Å². The van der Waals surface area contributed by atoms with E-state index in [9.17, 15) is 8.78 Å². The van der Waals surface area contributed by atoms with Gasteiger partial charge < -0.3 is 10.1 Å². The van der Waals surface area contributed by atoms with E-state index in [1.165, 1.54) is 0 Å². The zero-order chi connectivity index (χ0) is 14.1. The molecule has 0 aliphatic carbocycles. The molecular formula is C15H19F2NO. The van der Waals surface area contributed by atoms with Crippen molar-refractivity contribution in [3.05, 3.63) is 29.8 Å². The fourth-order valence-corrected chi connectivity index (χ4v) is 1.73. The highest BCUT2D eigenvalue weighted by Crippen LogP contribution is 2.19. The highest BCUT2D eigenvalue weighted by molar-refractivity contribution is 5.28. The summed E-state index contributed by atoms with van der Waals surface area (Å²) in [5.74, 6) is 2.79. The molecule has 0 radical (unpaired) electrons. The van der Waals surface area contributed by atoms with Gasteiger partial charge in [-0.05, 0) is 44.0 Å². The monoisotopic (exact) mass is 267 g/mol. The lowest BCUT2D eigenvalue weighted by molar-refractivity contribution is -0.0498. The summed E-state index contributed by atoms with van der Waals surface area (Å²) in [6.45, 7) is 0.139. The van der Waals surface area contributed by atoms with Crippen LogP contribution in [0.3, 0.4) is 0 Å². The Morgan fingerprint density at radius 3 is 2.53 bits per heavy atom. The van der Waals surface area contributed by atoms with Crippen LogP contribution in [0.25, 0.3) is 0 Å².